The van der Waals surface area contributed by atoms with Crippen LogP contribution in [0.4, 0.5) is 18.9 Å². The summed E-state index contributed by atoms with van der Waals surface area (Å²) in [5.74, 6) is -2.01. The molecular weight excluding hydrogens is 377 g/mol. The Morgan fingerprint density at radius 1 is 1.18 bits per heavy atom. The Morgan fingerprint density at radius 2 is 1.79 bits per heavy atom. The summed E-state index contributed by atoms with van der Waals surface area (Å²) in [5.41, 5.74) is -0.199. The lowest BCUT2D eigenvalue weighted by molar-refractivity contribution is -0.112. The van der Waals surface area contributed by atoms with Gasteiger partial charge in [-0.2, -0.15) is 14.0 Å². The maximum absolute atomic E-state index is 13.7. The lowest BCUT2D eigenvalue weighted by atomic mass is 10.1. The molecule has 2 rings (SSSR count). The number of halogens is 3. The summed E-state index contributed by atoms with van der Waals surface area (Å²) < 4.78 is 53.3. The molecule has 9 heteroatoms. The fraction of sp³-hybridized carbons (Fsp3) is 0.158. The van der Waals surface area contributed by atoms with Gasteiger partial charge in [-0.3, -0.25) is 4.79 Å². The summed E-state index contributed by atoms with van der Waals surface area (Å²) in [6.07, 6.45) is 1.17. The predicted molar refractivity (Wildman–Crippen MR) is 94.8 cm³/mol. The molecule has 0 saturated heterocycles. The van der Waals surface area contributed by atoms with Crippen molar-refractivity contribution in [3.05, 3.63) is 53.4 Å². The topological polar surface area (TPSA) is 80.6 Å². The van der Waals surface area contributed by atoms with E-state index in [1.165, 1.54) is 50.6 Å². The zero-order valence-corrected chi connectivity index (χ0v) is 14.8. The average molecular weight is 392 g/mol. The van der Waals surface area contributed by atoms with E-state index in [1.807, 2.05) is 0 Å². The van der Waals surface area contributed by atoms with Gasteiger partial charge in [0.2, 0.25) is 5.75 Å². The van der Waals surface area contributed by atoms with Gasteiger partial charge in [-0.25, -0.2) is 4.39 Å². The summed E-state index contributed by atoms with van der Waals surface area (Å²) in [6.45, 7) is -3.11. The van der Waals surface area contributed by atoms with Crippen LogP contribution in [0.2, 0.25) is 0 Å². The number of amides is 1. The van der Waals surface area contributed by atoms with E-state index in [4.69, 9.17) is 9.47 Å². The van der Waals surface area contributed by atoms with Crippen LogP contribution in [0.15, 0.2) is 42.0 Å². The van der Waals surface area contributed by atoms with Crippen molar-refractivity contribution in [1.82, 2.24) is 0 Å². The first-order valence-corrected chi connectivity index (χ1v) is 7.78. The summed E-state index contributed by atoms with van der Waals surface area (Å²) in [4.78, 5) is 12.3. The molecule has 0 aliphatic heterocycles. The van der Waals surface area contributed by atoms with Crippen LogP contribution in [0, 0.1) is 17.1 Å². The van der Waals surface area contributed by atoms with E-state index in [0.29, 0.717) is 0 Å². The lowest BCUT2D eigenvalue weighted by Crippen LogP contribution is -2.14. The molecule has 0 atom stereocenters. The highest BCUT2D eigenvalue weighted by molar-refractivity contribution is 6.09. The highest BCUT2D eigenvalue weighted by Crippen LogP contribution is 2.40. The van der Waals surface area contributed by atoms with Gasteiger partial charge in [-0.1, -0.05) is 12.1 Å². The smallest absolute Gasteiger partial charge is 0.387 e. The third-order valence-electron chi connectivity index (χ3n) is 3.49. The maximum Gasteiger partial charge on any atom is 0.387 e. The molecule has 146 valence electrons. The monoisotopic (exact) mass is 392 g/mol. The van der Waals surface area contributed by atoms with E-state index >= 15 is 0 Å². The minimum absolute atomic E-state index is 0.0855. The molecule has 0 aliphatic carbocycles. The molecule has 6 nitrogen and oxygen atoms in total. The van der Waals surface area contributed by atoms with E-state index in [1.54, 1.807) is 6.07 Å². The Labute approximate surface area is 158 Å². The summed E-state index contributed by atoms with van der Waals surface area (Å²) in [6, 6.07) is 9.74. The van der Waals surface area contributed by atoms with Crippen LogP contribution in [0.5, 0.6) is 17.2 Å². The van der Waals surface area contributed by atoms with Crippen molar-refractivity contribution in [1.29, 1.82) is 5.26 Å². The van der Waals surface area contributed by atoms with Crippen LogP contribution in [-0.4, -0.2) is 26.7 Å². The summed E-state index contributed by atoms with van der Waals surface area (Å²) in [7, 11) is 2.47. The van der Waals surface area contributed by atoms with Crippen molar-refractivity contribution in [3.63, 3.8) is 0 Å². The van der Waals surface area contributed by atoms with Crippen molar-refractivity contribution >= 4 is 17.7 Å². The Bertz CT molecular complexity index is 914. The maximum atomic E-state index is 13.7. The average Bonchev–Trinajstić information content (AvgIpc) is 2.67. The number of alkyl halides is 2. The molecular formula is C19H15F3N2O4. The zero-order chi connectivity index (χ0) is 20.7. The molecule has 0 aliphatic rings. The first kappa shape index (κ1) is 20.6. The molecule has 0 bridgehead atoms. The van der Waals surface area contributed by atoms with Gasteiger partial charge in [0.1, 0.15) is 17.5 Å². The molecule has 28 heavy (non-hydrogen) atoms. The number of carbonyl (C=O) groups is 1. The zero-order valence-electron chi connectivity index (χ0n) is 14.8. The van der Waals surface area contributed by atoms with Gasteiger partial charge < -0.3 is 19.5 Å². The predicted octanol–water partition coefficient (Wildman–Crippen LogP) is 3.99. The molecule has 0 radical (unpaired) electrons. The molecule has 0 aromatic heterocycles. The SMILES string of the molecule is COc1cc(/C=C(\C#N)C(=O)Nc2ccccc2F)cc(OC)c1OC(F)F. The number of hydrogen-bond donors (Lipinski definition) is 1. The van der Waals surface area contributed by atoms with Gasteiger partial charge in [-0.05, 0) is 35.9 Å². The van der Waals surface area contributed by atoms with Crippen LogP contribution in [0.3, 0.4) is 0 Å². The fourth-order valence-corrected chi connectivity index (χ4v) is 2.26. The molecule has 1 amide bonds. The highest BCUT2D eigenvalue weighted by Gasteiger charge is 2.19. The number of nitriles is 1. The van der Waals surface area contributed by atoms with Gasteiger partial charge in [-0.15, -0.1) is 0 Å². The fourth-order valence-electron chi connectivity index (χ4n) is 2.26. The minimum Gasteiger partial charge on any atom is -0.493 e. The standard InChI is InChI=1S/C19H15F3N2O4/c1-26-15-8-11(9-16(27-2)17(15)28-19(21)22)7-12(10-23)18(25)24-14-6-4-3-5-13(14)20/h3-9,19H,1-2H3,(H,24,25)/b12-7+. The summed E-state index contributed by atoms with van der Waals surface area (Å²) in [5, 5.41) is 11.6. The first-order chi connectivity index (χ1) is 13.4. The van der Waals surface area contributed by atoms with Crippen molar-refractivity contribution < 1.29 is 32.2 Å². The van der Waals surface area contributed by atoms with Crippen LogP contribution < -0.4 is 19.5 Å². The number of carbonyl (C=O) groups excluding carboxylic acids is 1. The number of anilines is 1. The second-order valence-electron chi connectivity index (χ2n) is 5.24. The Kier molecular flexibility index (Phi) is 6.87. The number of rotatable bonds is 7. The second-order valence-corrected chi connectivity index (χ2v) is 5.24. The van der Waals surface area contributed by atoms with Gasteiger partial charge >= 0.3 is 6.61 Å². The molecule has 2 aromatic carbocycles. The third-order valence-corrected chi connectivity index (χ3v) is 3.49. The van der Waals surface area contributed by atoms with Gasteiger partial charge in [0.05, 0.1) is 19.9 Å². The van der Waals surface area contributed by atoms with Gasteiger partial charge in [0.25, 0.3) is 5.91 Å². The first-order valence-electron chi connectivity index (χ1n) is 7.78. The quantitative estimate of drug-likeness (QED) is 0.569. The largest absolute Gasteiger partial charge is 0.493 e. The number of benzene rings is 2. The van der Waals surface area contributed by atoms with Crippen LogP contribution >= 0.6 is 0 Å². The molecule has 0 fully saturated rings. The van der Waals surface area contributed by atoms with Crippen molar-refractivity contribution in [3.8, 4) is 23.3 Å². The molecule has 0 saturated carbocycles. The highest BCUT2D eigenvalue weighted by atomic mass is 19.3. The van der Waals surface area contributed by atoms with Crippen LogP contribution in [-0.2, 0) is 4.79 Å². The molecule has 0 unspecified atom stereocenters. The van der Waals surface area contributed by atoms with E-state index < -0.39 is 18.3 Å². The lowest BCUT2D eigenvalue weighted by Gasteiger charge is -2.14. The van der Waals surface area contributed by atoms with Crippen molar-refractivity contribution in [2.24, 2.45) is 0 Å². The van der Waals surface area contributed by atoms with E-state index in [-0.39, 0.29) is 34.1 Å². The van der Waals surface area contributed by atoms with Crippen LogP contribution in [0.25, 0.3) is 6.08 Å². The van der Waals surface area contributed by atoms with E-state index in [0.717, 1.165) is 6.07 Å². The number of methoxy groups -OCH3 is 2. The molecule has 0 spiro atoms. The number of ether oxygens (including phenoxy) is 3. The Balaban J connectivity index is 2.39. The summed E-state index contributed by atoms with van der Waals surface area (Å²) >= 11 is 0. The van der Waals surface area contributed by atoms with E-state index in [2.05, 4.69) is 10.1 Å². The number of para-hydroxylation sites is 1. The van der Waals surface area contributed by atoms with Gasteiger partial charge in [0.15, 0.2) is 11.5 Å². The van der Waals surface area contributed by atoms with E-state index in [9.17, 15) is 23.2 Å². The van der Waals surface area contributed by atoms with Crippen LogP contribution in [0.1, 0.15) is 5.56 Å². The number of nitrogens with one attached hydrogen (secondary N) is 1. The number of nitrogens with zero attached hydrogens (tertiary/aromatic N) is 1. The number of hydrogen-bond acceptors (Lipinski definition) is 5. The molecule has 0 heterocycles. The Morgan fingerprint density at radius 3 is 2.29 bits per heavy atom. The normalized spacial score (nSPS) is 11.0. The van der Waals surface area contributed by atoms with Crippen molar-refractivity contribution in [2.75, 3.05) is 19.5 Å². The molecule has 2 aromatic rings. The van der Waals surface area contributed by atoms with Crippen molar-refractivity contribution in [2.45, 2.75) is 6.61 Å². The van der Waals surface area contributed by atoms with Gasteiger partial charge in [0, 0.05) is 0 Å². The second kappa shape index (κ2) is 9.32. The third kappa shape index (κ3) is 4.94. The minimum atomic E-state index is -3.11. The molecule has 1 N–H and O–H groups in total. The Hall–Kier alpha value is -3.67.